The normalized spacial score (nSPS) is 12.2. The fraction of sp³-hybridized carbons (Fsp3) is 0.222. The van der Waals surface area contributed by atoms with Crippen molar-refractivity contribution in [1.82, 2.24) is 4.72 Å². The molecule has 0 heterocycles. The number of anilines is 1. The predicted octanol–water partition coefficient (Wildman–Crippen LogP) is 3.23. The number of benzene rings is 2. The molecule has 150 valence electrons. The number of amides is 1. The van der Waals surface area contributed by atoms with Gasteiger partial charge < -0.3 is 10.1 Å². The minimum Gasteiger partial charge on any atom is -0.452 e. The number of halogens is 2. The van der Waals surface area contributed by atoms with Crippen molar-refractivity contribution < 1.29 is 22.7 Å². The summed E-state index contributed by atoms with van der Waals surface area (Å²) in [5.74, 6) is -1.25. The number of sulfonamides is 1. The fourth-order valence-corrected chi connectivity index (χ4v) is 3.65. The number of hydrogen-bond donors (Lipinski definition) is 2. The molecule has 0 radical (unpaired) electrons. The summed E-state index contributed by atoms with van der Waals surface area (Å²) < 4.78 is 31.6. The van der Waals surface area contributed by atoms with E-state index < -0.39 is 28.0 Å². The highest BCUT2D eigenvalue weighted by Gasteiger charge is 2.19. The van der Waals surface area contributed by atoms with Gasteiger partial charge in [0.2, 0.25) is 10.0 Å². The molecule has 2 N–H and O–H groups in total. The molecule has 0 spiro atoms. The van der Waals surface area contributed by atoms with Gasteiger partial charge in [-0.3, -0.25) is 9.59 Å². The number of carbonyl (C=O) groups is 2. The average Bonchev–Trinajstić information content (AvgIpc) is 2.61. The van der Waals surface area contributed by atoms with E-state index in [-0.39, 0.29) is 22.9 Å². The molecule has 2 rings (SSSR count). The van der Waals surface area contributed by atoms with E-state index in [9.17, 15) is 18.0 Å². The summed E-state index contributed by atoms with van der Waals surface area (Å²) in [6.45, 7) is 1.23. The molecule has 10 heteroatoms. The molecule has 0 bridgehead atoms. The van der Waals surface area contributed by atoms with E-state index in [0.29, 0.717) is 10.7 Å². The Morgan fingerprint density at radius 3 is 2.36 bits per heavy atom. The highest BCUT2D eigenvalue weighted by Crippen LogP contribution is 2.16. The van der Waals surface area contributed by atoms with Crippen LogP contribution >= 0.6 is 23.2 Å². The van der Waals surface area contributed by atoms with Crippen LogP contribution in [0, 0.1) is 0 Å². The number of hydrogen-bond acceptors (Lipinski definition) is 5. The molecule has 2 aromatic rings. The van der Waals surface area contributed by atoms with Crippen LogP contribution in [-0.2, 0) is 24.3 Å². The zero-order chi connectivity index (χ0) is 20.7. The van der Waals surface area contributed by atoms with Crippen molar-refractivity contribution >= 4 is 50.8 Å². The second kappa shape index (κ2) is 9.88. The second-order valence-electron chi connectivity index (χ2n) is 5.74. The van der Waals surface area contributed by atoms with Crippen LogP contribution in [0.1, 0.15) is 13.3 Å². The van der Waals surface area contributed by atoms with E-state index in [1.54, 1.807) is 30.3 Å². The molecule has 28 heavy (non-hydrogen) atoms. The van der Waals surface area contributed by atoms with E-state index in [4.69, 9.17) is 27.9 Å². The summed E-state index contributed by atoms with van der Waals surface area (Å²) in [7, 11) is -3.80. The molecule has 0 aliphatic heterocycles. The summed E-state index contributed by atoms with van der Waals surface area (Å²) >= 11 is 11.6. The molecular formula is C18H18Cl2N2O5S. The number of carbonyl (C=O) groups excluding carboxylic acids is 2. The first-order chi connectivity index (χ1) is 13.2. The molecule has 1 amide bonds. The van der Waals surface area contributed by atoms with Gasteiger partial charge in [0.25, 0.3) is 5.91 Å². The van der Waals surface area contributed by atoms with Crippen molar-refractivity contribution in [2.75, 3.05) is 11.9 Å². The molecule has 0 saturated carbocycles. The van der Waals surface area contributed by atoms with Gasteiger partial charge in [-0.15, -0.1) is 0 Å². The van der Waals surface area contributed by atoms with Crippen LogP contribution < -0.4 is 10.0 Å². The van der Waals surface area contributed by atoms with Crippen molar-refractivity contribution in [3.63, 3.8) is 0 Å². The van der Waals surface area contributed by atoms with Crippen LogP contribution in [0.25, 0.3) is 0 Å². The number of rotatable bonds is 8. The third-order valence-corrected chi connectivity index (χ3v) is 5.43. The highest BCUT2D eigenvalue weighted by molar-refractivity contribution is 7.89. The number of nitrogens with one attached hydrogen (secondary N) is 2. The van der Waals surface area contributed by atoms with Gasteiger partial charge in [0, 0.05) is 22.3 Å². The van der Waals surface area contributed by atoms with Crippen LogP contribution in [0.3, 0.4) is 0 Å². The Labute approximate surface area is 173 Å². The lowest BCUT2D eigenvalue weighted by Gasteiger charge is -2.14. The zero-order valence-electron chi connectivity index (χ0n) is 14.8. The topological polar surface area (TPSA) is 102 Å². The van der Waals surface area contributed by atoms with E-state index in [1.807, 2.05) is 0 Å². The molecule has 0 aromatic heterocycles. The summed E-state index contributed by atoms with van der Waals surface area (Å²) in [6, 6.07) is 12.3. The lowest BCUT2D eigenvalue weighted by molar-refractivity contribution is -0.152. The lowest BCUT2D eigenvalue weighted by atomic mass is 10.3. The van der Waals surface area contributed by atoms with Gasteiger partial charge in [0.1, 0.15) is 0 Å². The Morgan fingerprint density at radius 1 is 1.07 bits per heavy atom. The fourth-order valence-electron chi connectivity index (χ4n) is 2.12. The van der Waals surface area contributed by atoms with Crippen LogP contribution in [0.4, 0.5) is 5.69 Å². The lowest BCUT2D eigenvalue weighted by Crippen LogP contribution is -2.32. The Kier molecular flexibility index (Phi) is 7.82. The zero-order valence-corrected chi connectivity index (χ0v) is 17.1. The van der Waals surface area contributed by atoms with Gasteiger partial charge in [-0.05, 0) is 43.3 Å². The van der Waals surface area contributed by atoms with E-state index >= 15 is 0 Å². The second-order valence-corrected chi connectivity index (χ2v) is 8.38. The molecule has 2 aromatic carbocycles. The molecule has 0 aliphatic carbocycles. The maximum absolute atomic E-state index is 12.1. The molecule has 1 unspecified atom stereocenters. The van der Waals surface area contributed by atoms with Crippen LogP contribution in [-0.4, -0.2) is 32.9 Å². The Morgan fingerprint density at radius 2 is 1.71 bits per heavy atom. The first kappa shape index (κ1) is 22.2. The Balaban J connectivity index is 1.80. The third-order valence-electron chi connectivity index (χ3n) is 3.50. The van der Waals surface area contributed by atoms with Crippen LogP contribution in [0.5, 0.6) is 0 Å². The number of esters is 1. The van der Waals surface area contributed by atoms with Gasteiger partial charge in [-0.2, -0.15) is 0 Å². The van der Waals surface area contributed by atoms with Gasteiger partial charge in [0.05, 0.1) is 11.3 Å². The smallest absolute Gasteiger partial charge is 0.307 e. The monoisotopic (exact) mass is 444 g/mol. The largest absolute Gasteiger partial charge is 0.452 e. The minimum atomic E-state index is -3.80. The van der Waals surface area contributed by atoms with Crippen molar-refractivity contribution in [3.05, 3.63) is 58.6 Å². The first-order valence-corrected chi connectivity index (χ1v) is 10.4. The van der Waals surface area contributed by atoms with Gasteiger partial charge in [-0.1, -0.05) is 35.3 Å². The molecule has 1 atom stereocenters. The van der Waals surface area contributed by atoms with Crippen LogP contribution in [0.2, 0.25) is 10.0 Å². The predicted molar refractivity (Wildman–Crippen MR) is 107 cm³/mol. The summed E-state index contributed by atoms with van der Waals surface area (Å²) in [5, 5.41) is 3.30. The maximum atomic E-state index is 12.1. The van der Waals surface area contributed by atoms with Crippen molar-refractivity contribution in [2.45, 2.75) is 24.3 Å². The van der Waals surface area contributed by atoms with Gasteiger partial charge in [-0.25, -0.2) is 13.1 Å². The summed E-state index contributed by atoms with van der Waals surface area (Å²) in [6.07, 6.45) is -1.30. The molecule has 0 saturated heterocycles. The highest BCUT2D eigenvalue weighted by atomic mass is 35.5. The first-order valence-electron chi connectivity index (χ1n) is 8.18. The van der Waals surface area contributed by atoms with E-state index in [1.165, 1.54) is 25.1 Å². The standard InChI is InChI=1S/C18H18Cl2N2O5S/c1-12(18(24)22-15-6-2-4-13(19)10-15)27-17(23)8-9-21-28(25,26)16-7-3-5-14(20)11-16/h2-7,10-12,21H,8-9H2,1H3,(H,22,24). The molecule has 0 fully saturated rings. The van der Waals surface area contributed by atoms with Crippen molar-refractivity contribution in [3.8, 4) is 0 Å². The van der Waals surface area contributed by atoms with E-state index in [0.717, 1.165) is 0 Å². The van der Waals surface area contributed by atoms with Gasteiger partial charge >= 0.3 is 5.97 Å². The Bertz CT molecular complexity index is 966. The van der Waals surface area contributed by atoms with Gasteiger partial charge in [0.15, 0.2) is 6.10 Å². The SMILES string of the molecule is CC(OC(=O)CCNS(=O)(=O)c1cccc(Cl)c1)C(=O)Nc1cccc(Cl)c1. The maximum Gasteiger partial charge on any atom is 0.307 e. The van der Waals surface area contributed by atoms with Crippen molar-refractivity contribution in [1.29, 1.82) is 0 Å². The molecular weight excluding hydrogens is 427 g/mol. The molecule has 7 nitrogen and oxygen atoms in total. The minimum absolute atomic E-state index is 0.0114. The quantitative estimate of drug-likeness (QED) is 0.608. The Hall–Kier alpha value is -2.13. The van der Waals surface area contributed by atoms with Crippen molar-refractivity contribution in [2.24, 2.45) is 0 Å². The third kappa shape index (κ3) is 6.79. The summed E-state index contributed by atoms with van der Waals surface area (Å²) in [5.41, 5.74) is 0.467. The molecule has 0 aliphatic rings. The summed E-state index contributed by atoms with van der Waals surface area (Å²) in [4.78, 5) is 23.9. The van der Waals surface area contributed by atoms with Crippen LogP contribution in [0.15, 0.2) is 53.4 Å². The number of ether oxygens (including phenoxy) is 1. The average molecular weight is 445 g/mol. The van der Waals surface area contributed by atoms with E-state index in [2.05, 4.69) is 10.0 Å².